The van der Waals surface area contributed by atoms with E-state index in [1.165, 1.54) is 0 Å². The van der Waals surface area contributed by atoms with E-state index in [0.717, 1.165) is 24.0 Å². The zero-order chi connectivity index (χ0) is 19.4. The topological polar surface area (TPSA) is 52.6 Å². The smallest absolute Gasteiger partial charge is 0.339 e. The van der Waals surface area contributed by atoms with Gasteiger partial charge < -0.3 is 9.47 Å². The molecule has 0 atom stereocenters. The number of hydrogen-bond donors (Lipinski definition) is 0. The SMILES string of the molecule is CCc1cc(C(=O)OCC(C)(C)C)c(C(=O)OC(C)(C)C)cc1CC. The Labute approximate surface area is 151 Å². The van der Waals surface area contributed by atoms with Gasteiger partial charge in [-0.05, 0) is 62.3 Å². The van der Waals surface area contributed by atoms with Gasteiger partial charge in [-0.25, -0.2) is 9.59 Å². The Morgan fingerprint density at radius 1 is 0.840 bits per heavy atom. The molecule has 0 aliphatic rings. The minimum absolute atomic E-state index is 0.140. The Hall–Kier alpha value is -1.84. The standard InChI is InChI=1S/C21H32O4/c1-9-14-11-16(18(22)24-13-20(3,4)5)17(12-15(14)10-2)19(23)25-21(6,7)8/h11-12H,9-10,13H2,1-8H3. The lowest BCUT2D eigenvalue weighted by Crippen LogP contribution is -2.26. The van der Waals surface area contributed by atoms with Gasteiger partial charge in [0.15, 0.2) is 0 Å². The summed E-state index contributed by atoms with van der Waals surface area (Å²) in [5.74, 6) is -0.972. The molecule has 140 valence electrons. The van der Waals surface area contributed by atoms with Crippen LogP contribution in [0.4, 0.5) is 0 Å². The average Bonchev–Trinajstić information content (AvgIpc) is 2.48. The van der Waals surface area contributed by atoms with Crippen LogP contribution in [0.25, 0.3) is 0 Å². The Balaban J connectivity index is 3.32. The Kier molecular flexibility index (Phi) is 6.81. The summed E-state index contributed by atoms with van der Waals surface area (Å²) in [6, 6.07) is 3.56. The number of esters is 2. The zero-order valence-corrected chi connectivity index (χ0v) is 16.9. The summed E-state index contributed by atoms with van der Waals surface area (Å²) in [6.45, 7) is 15.8. The molecule has 0 radical (unpaired) electrons. The molecule has 0 saturated carbocycles. The molecule has 0 saturated heterocycles. The van der Waals surface area contributed by atoms with Gasteiger partial charge in [-0.15, -0.1) is 0 Å². The van der Waals surface area contributed by atoms with Crippen molar-refractivity contribution in [2.24, 2.45) is 5.41 Å². The van der Waals surface area contributed by atoms with E-state index in [4.69, 9.17) is 9.47 Å². The molecule has 0 aliphatic carbocycles. The predicted molar refractivity (Wildman–Crippen MR) is 100 cm³/mol. The Bertz CT molecular complexity index is 631. The third kappa shape index (κ3) is 6.52. The molecule has 0 fully saturated rings. The summed E-state index contributed by atoms with van der Waals surface area (Å²) in [5, 5.41) is 0. The molecule has 0 amide bonds. The molecule has 0 heterocycles. The van der Waals surface area contributed by atoms with Crippen molar-refractivity contribution >= 4 is 11.9 Å². The van der Waals surface area contributed by atoms with Gasteiger partial charge in [0.25, 0.3) is 0 Å². The fourth-order valence-corrected chi connectivity index (χ4v) is 2.38. The van der Waals surface area contributed by atoms with Crippen LogP contribution in [-0.4, -0.2) is 24.1 Å². The largest absolute Gasteiger partial charge is 0.462 e. The first-order chi connectivity index (χ1) is 11.4. The lowest BCUT2D eigenvalue weighted by atomic mass is 9.95. The van der Waals surface area contributed by atoms with Crippen LogP contribution in [0.2, 0.25) is 0 Å². The Morgan fingerprint density at radius 2 is 1.28 bits per heavy atom. The van der Waals surface area contributed by atoms with Gasteiger partial charge in [-0.1, -0.05) is 34.6 Å². The molecule has 0 aromatic heterocycles. The molecule has 0 unspecified atom stereocenters. The van der Waals surface area contributed by atoms with E-state index >= 15 is 0 Å². The quantitative estimate of drug-likeness (QED) is 0.705. The number of rotatable bonds is 5. The van der Waals surface area contributed by atoms with Gasteiger partial charge in [0.1, 0.15) is 5.60 Å². The van der Waals surface area contributed by atoms with E-state index in [1.54, 1.807) is 12.1 Å². The van der Waals surface area contributed by atoms with Crippen molar-refractivity contribution in [2.45, 2.75) is 73.8 Å². The number of aryl methyl sites for hydroxylation is 2. The summed E-state index contributed by atoms with van der Waals surface area (Å²) in [5.41, 5.74) is 1.90. The zero-order valence-electron chi connectivity index (χ0n) is 16.9. The minimum Gasteiger partial charge on any atom is -0.462 e. The highest BCUT2D eigenvalue weighted by Crippen LogP contribution is 2.23. The van der Waals surface area contributed by atoms with Crippen LogP contribution in [-0.2, 0) is 22.3 Å². The van der Waals surface area contributed by atoms with Crippen molar-refractivity contribution in [1.29, 1.82) is 0 Å². The van der Waals surface area contributed by atoms with Gasteiger partial charge in [-0.2, -0.15) is 0 Å². The van der Waals surface area contributed by atoms with Crippen molar-refractivity contribution in [3.63, 3.8) is 0 Å². The van der Waals surface area contributed by atoms with Gasteiger partial charge in [0.2, 0.25) is 0 Å². The van der Waals surface area contributed by atoms with Crippen LogP contribution in [0.3, 0.4) is 0 Å². The van der Waals surface area contributed by atoms with Crippen LogP contribution in [0.5, 0.6) is 0 Å². The first kappa shape index (κ1) is 21.2. The minimum atomic E-state index is -0.626. The van der Waals surface area contributed by atoms with Crippen LogP contribution in [0.1, 0.15) is 87.2 Å². The molecule has 4 heteroatoms. The van der Waals surface area contributed by atoms with Crippen LogP contribution in [0.15, 0.2) is 12.1 Å². The van der Waals surface area contributed by atoms with Crippen molar-refractivity contribution in [3.8, 4) is 0 Å². The maximum atomic E-state index is 12.6. The van der Waals surface area contributed by atoms with E-state index in [9.17, 15) is 9.59 Å². The van der Waals surface area contributed by atoms with E-state index in [2.05, 4.69) is 0 Å². The first-order valence-corrected chi connectivity index (χ1v) is 8.94. The van der Waals surface area contributed by atoms with Crippen LogP contribution in [0, 0.1) is 5.41 Å². The van der Waals surface area contributed by atoms with Gasteiger partial charge >= 0.3 is 11.9 Å². The summed E-state index contributed by atoms with van der Waals surface area (Å²) in [7, 11) is 0. The fraction of sp³-hybridized carbons (Fsp3) is 0.619. The number of carbonyl (C=O) groups is 2. The highest BCUT2D eigenvalue weighted by molar-refractivity contribution is 6.03. The molecule has 0 spiro atoms. The highest BCUT2D eigenvalue weighted by atomic mass is 16.6. The summed E-state index contributed by atoms with van der Waals surface area (Å²) >= 11 is 0. The second-order valence-electron chi connectivity index (χ2n) is 8.51. The molecular formula is C21H32O4. The van der Waals surface area contributed by atoms with Gasteiger partial charge in [0.05, 0.1) is 17.7 Å². The van der Waals surface area contributed by atoms with E-state index in [0.29, 0.717) is 0 Å². The molecular weight excluding hydrogens is 316 g/mol. The Morgan fingerprint density at radius 3 is 1.64 bits per heavy atom. The molecule has 0 bridgehead atoms. The monoisotopic (exact) mass is 348 g/mol. The molecule has 1 aromatic rings. The molecule has 1 rings (SSSR count). The molecule has 4 nitrogen and oxygen atoms in total. The summed E-state index contributed by atoms with van der Waals surface area (Å²) in [6.07, 6.45) is 1.58. The van der Waals surface area contributed by atoms with E-state index in [-0.39, 0.29) is 23.1 Å². The number of hydrogen-bond acceptors (Lipinski definition) is 4. The maximum absolute atomic E-state index is 12.6. The molecule has 1 aromatic carbocycles. The van der Waals surface area contributed by atoms with Crippen molar-refractivity contribution in [1.82, 2.24) is 0 Å². The summed E-state index contributed by atoms with van der Waals surface area (Å²) in [4.78, 5) is 25.2. The van der Waals surface area contributed by atoms with Gasteiger partial charge in [0, 0.05) is 0 Å². The average molecular weight is 348 g/mol. The van der Waals surface area contributed by atoms with Crippen molar-refractivity contribution < 1.29 is 19.1 Å². The fourth-order valence-electron chi connectivity index (χ4n) is 2.38. The third-order valence-electron chi connectivity index (χ3n) is 3.58. The highest BCUT2D eigenvalue weighted by Gasteiger charge is 2.26. The van der Waals surface area contributed by atoms with Gasteiger partial charge in [-0.3, -0.25) is 0 Å². The third-order valence-corrected chi connectivity index (χ3v) is 3.58. The second-order valence-corrected chi connectivity index (χ2v) is 8.51. The molecule has 0 aliphatic heterocycles. The van der Waals surface area contributed by atoms with E-state index < -0.39 is 17.5 Å². The van der Waals surface area contributed by atoms with E-state index in [1.807, 2.05) is 55.4 Å². The first-order valence-electron chi connectivity index (χ1n) is 8.94. The predicted octanol–water partition coefficient (Wildman–Crippen LogP) is 4.97. The van der Waals surface area contributed by atoms with Crippen LogP contribution < -0.4 is 0 Å². The van der Waals surface area contributed by atoms with Crippen molar-refractivity contribution in [3.05, 3.63) is 34.4 Å². The summed E-state index contributed by atoms with van der Waals surface area (Å²) < 4.78 is 10.9. The van der Waals surface area contributed by atoms with Crippen LogP contribution >= 0.6 is 0 Å². The van der Waals surface area contributed by atoms with Crippen molar-refractivity contribution in [2.75, 3.05) is 6.61 Å². The maximum Gasteiger partial charge on any atom is 0.339 e. The second kappa shape index (κ2) is 8.03. The molecule has 0 N–H and O–H groups in total. The molecule has 25 heavy (non-hydrogen) atoms. The number of carbonyl (C=O) groups excluding carboxylic acids is 2. The number of benzene rings is 1. The normalized spacial score (nSPS) is 12.0. The lowest BCUT2D eigenvalue weighted by molar-refractivity contribution is 0.00621. The number of ether oxygens (including phenoxy) is 2. The lowest BCUT2D eigenvalue weighted by Gasteiger charge is -2.22.